The first kappa shape index (κ1) is 16.6. The van der Waals surface area contributed by atoms with Crippen molar-refractivity contribution in [1.82, 2.24) is 0 Å². The molecule has 0 aromatic carbocycles. The van der Waals surface area contributed by atoms with Crippen molar-refractivity contribution >= 4 is 17.5 Å². The van der Waals surface area contributed by atoms with Crippen molar-refractivity contribution in [2.45, 2.75) is 59.5 Å². The maximum Gasteiger partial charge on any atom is 0.333 e. The predicted octanol–water partition coefficient (Wildman–Crippen LogP) is 2.85. The Bertz CT molecular complexity index is 432. The van der Waals surface area contributed by atoms with Crippen LogP contribution >= 0.6 is 0 Å². The largest absolute Gasteiger partial charge is 0.457 e. The van der Waals surface area contributed by atoms with E-state index in [9.17, 15) is 14.4 Å². The maximum absolute atomic E-state index is 12.0. The number of ether oxygens (including phenoxy) is 1. The average Bonchev–Trinajstić information content (AvgIpc) is 2.19. The average molecular weight is 280 g/mol. The van der Waals surface area contributed by atoms with Gasteiger partial charge in [0.2, 0.25) is 0 Å². The first-order valence-electron chi connectivity index (χ1n) is 6.88. The van der Waals surface area contributed by atoms with E-state index in [0.717, 1.165) is 0 Å². The molecule has 4 nitrogen and oxygen atoms in total. The van der Waals surface area contributed by atoms with Gasteiger partial charge < -0.3 is 4.74 Å². The van der Waals surface area contributed by atoms with Crippen LogP contribution in [0.4, 0.5) is 0 Å². The normalized spacial score (nSPS) is 19.9. The summed E-state index contributed by atoms with van der Waals surface area (Å²) in [7, 11) is 0. The summed E-state index contributed by atoms with van der Waals surface area (Å²) in [6.07, 6.45) is 0.804. The molecule has 1 rings (SSSR count). The van der Waals surface area contributed by atoms with Gasteiger partial charge in [0.25, 0.3) is 0 Å². The molecule has 0 amide bonds. The summed E-state index contributed by atoms with van der Waals surface area (Å²) in [5.74, 6) is -1.47. The summed E-state index contributed by atoms with van der Waals surface area (Å²) < 4.78 is 5.19. The number of ketones is 2. The number of rotatable bonds is 3. The Morgan fingerprint density at radius 3 is 2.10 bits per heavy atom. The van der Waals surface area contributed by atoms with Gasteiger partial charge >= 0.3 is 5.97 Å². The van der Waals surface area contributed by atoms with Gasteiger partial charge in [-0.25, -0.2) is 4.79 Å². The van der Waals surface area contributed by atoms with Gasteiger partial charge in [-0.1, -0.05) is 20.4 Å². The molecular formula is C16H24O4. The molecule has 0 unspecified atom stereocenters. The highest BCUT2D eigenvalue weighted by Crippen LogP contribution is 2.36. The summed E-state index contributed by atoms with van der Waals surface area (Å²) in [4.78, 5) is 35.9. The van der Waals surface area contributed by atoms with Crippen molar-refractivity contribution in [2.24, 2.45) is 11.3 Å². The smallest absolute Gasteiger partial charge is 0.333 e. The van der Waals surface area contributed by atoms with Gasteiger partial charge in [0.05, 0.1) is 5.92 Å². The Morgan fingerprint density at radius 1 is 1.25 bits per heavy atom. The van der Waals surface area contributed by atoms with E-state index in [1.807, 2.05) is 13.8 Å². The zero-order chi connectivity index (χ0) is 15.7. The summed E-state index contributed by atoms with van der Waals surface area (Å²) >= 11 is 0. The highest BCUT2D eigenvalue weighted by Gasteiger charge is 2.40. The van der Waals surface area contributed by atoms with Crippen molar-refractivity contribution in [3.8, 4) is 0 Å². The predicted molar refractivity (Wildman–Crippen MR) is 76.1 cm³/mol. The molecule has 0 spiro atoms. The summed E-state index contributed by atoms with van der Waals surface area (Å²) in [5, 5.41) is 0. The van der Waals surface area contributed by atoms with Crippen molar-refractivity contribution in [3.05, 3.63) is 12.2 Å². The molecule has 0 aromatic heterocycles. The Morgan fingerprint density at radius 2 is 1.70 bits per heavy atom. The third-order valence-electron chi connectivity index (χ3n) is 3.22. The molecule has 0 bridgehead atoms. The standard InChI is InChI=1S/C16H24O4/c1-10(14(19)20-15(2,3)4)7-11-12(17)8-16(5,6)9-13(11)18/h11H,1,7-9H2,2-6H3. The Labute approximate surface area is 120 Å². The van der Waals surface area contributed by atoms with Crippen LogP contribution in [0.2, 0.25) is 0 Å². The zero-order valence-electron chi connectivity index (χ0n) is 13.0. The van der Waals surface area contributed by atoms with Crippen LogP contribution in [0, 0.1) is 11.3 Å². The Balaban J connectivity index is 2.69. The van der Waals surface area contributed by atoms with E-state index >= 15 is 0 Å². The fraction of sp³-hybridized carbons (Fsp3) is 0.688. The van der Waals surface area contributed by atoms with Crippen molar-refractivity contribution in [2.75, 3.05) is 0 Å². The first-order chi connectivity index (χ1) is 8.91. The summed E-state index contributed by atoms with van der Waals surface area (Å²) in [6.45, 7) is 12.8. The molecule has 0 aromatic rings. The quantitative estimate of drug-likeness (QED) is 0.453. The van der Waals surface area contributed by atoms with E-state index in [2.05, 4.69) is 6.58 Å². The molecule has 0 heterocycles. The lowest BCUT2D eigenvalue weighted by Crippen LogP contribution is -2.38. The molecule has 0 atom stereocenters. The zero-order valence-corrected chi connectivity index (χ0v) is 13.0. The van der Waals surface area contributed by atoms with Gasteiger partial charge in [-0.15, -0.1) is 0 Å². The van der Waals surface area contributed by atoms with Crippen LogP contribution in [-0.2, 0) is 19.1 Å². The molecule has 112 valence electrons. The second-order valence-electron chi connectivity index (χ2n) is 7.31. The number of hydrogen-bond acceptors (Lipinski definition) is 4. The molecular weight excluding hydrogens is 256 g/mol. The monoisotopic (exact) mass is 280 g/mol. The van der Waals surface area contributed by atoms with Gasteiger partial charge in [0.1, 0.15) is 17.2 Å². The SMILES string of the molecule is C=C(CC1C(=O)CC(C)(C)CC1=O)C(=O)OC(C)(C)C. The fourth-order valence-electron chi connectivity index (χ4n) is 2.34. The van der Waals surface area contributed by atoms with Crippen LogP contribution in [0.5, 0.6) is 0 Å². The van der Waals surface area contributed by atoms with E-state index in [0.29, 0.717) is 12.8 Å². The highest BCUT2D eigenvalue weighted by molar-refractivity contribution is 6.06. The molecule has 1 saturated carbocycles. The number of carbonyl (C=O) groups is 3. The second kappa shape index (κ2) is 5.51. The van der Waals surface area contributed by atoms with Gasteiger partial charge in [-0.3, -0.25) is 9.59 Å². The second-order valence-corrected chi connectivity index (χ2v) is 7.31. The molecule has 1 aliphatic carbocycles. The molecule has 20 heavy (non-hydrogen) atoms. The van der Waals surface area contributed by atoms with Crippen molar-refractivity contribution in [3.63, 3.8) is 0 Å². The summed E-state index contributed by atoms with van der Waals surface area (Å²) in [6, 6.07) is 0. The molecule has 0 radical (unpaired) electrons. The van der Waals surface area contributed by atoms with E-state index in [4.69, 9.17) is 4.74 Å². The van der Waals surface area contributed by atoms with Crippen molar-refractivity contribution in [1.29, 1.82) is 0 Å². The fourth-order valence-corrected chi connectivity index (χ4v) is 2.34. The van der Waals surface area contributed by atoms with Crippen LogP contribution in [0.1, 0.15) is 53.9 Å². The highest BCUT2D eigenvalue weighted by atomic mass is 16.6. The van der Waals surface area contributed by atoms with Crippen LogP contribution in [-0.4, -0.2) is 23.1 Å². The lowest BCUT2D eigenvalue weighted by Gasteiger charge is -2.32. The number of hydrogen-bond donors (Lipinski definition) is 0. The minimum atomic E-state index is -0.733. The van der Waals surface area contributed by atoms with E-state index in [1.165, 1.54) is 0 Å². The topological polar surface area (TPSA) is 60.4 Å². The van der Waals surface area contributed by atoms with Crippen LogP contribution in [0.3, 0.4) is 0 Å². The minimum Gasteiger partial charge on any atom is -0.457 e. The molecule has 0 aliphatic heterocycles. The number of esters is 1. The van der Waals surface area contributed by atoms with Crippen LogP contribution in [0.15, 0.2) is 12.2 Å². The third kappa shape index (κ3) is 4.58. The van der Waals surface area contributed by atoms with Crippen LogP contribution in [0.25, 0.3) is 0 Å². The van der Waals surface area contributed by atoms with Gasteiger partial charge in [-0.2, -0.15) is 0 Å². The van der Waals surface area contributed by atoms with Gasteiger partial charge in [0, 0.05) is 18.4 Å². The molecule has 0 saturated heterocycles. The van der Waals surface area contributed by atoms with Crippen molar-refractivity contribution < 1.29 is 19.1 Å². The van der Waals surface area contributed by atoms with Gasteiger partial charge in [-0.05, 0) is 32.6 Å². The van der Waals surface area contributed by atoms with E-state index in [-0.39, 0.29) is 29.0 Å². The van der Waals surface area contributed by atoms with Crippen LogP contribution < -0.4 is 0 Å². The Hall–Kier alpha value is -1.45. The molecule has 0 N–H and O–H groups in total. The molecule has 4 heteroatoms. The lowest BCUT2D eigenvalue weighted by molar-refractivity contribution is -0.150. The number of Topliss-reactive ketones (excluding diaryl/α,β-unsaturated/α-hetero) is 2. The van der Waals surface area contributed by atoms with E-state index in [1.54, 1.807) is 20.8 Å². The maximum atomic E-state index is 12.0. The van der Waals surface area contributed by atoms with Gasteiger partial charge in [0.15, 0.2) is 0 Å². The molecule has 1 fully saturated rings. The van der Waals surface area contributed by atoms with E-state index < -0.39 is 17.5 Å². The number of carbonyl (C=O) groups excluding carboxylic acids is 3. The Kier molecular flexibility index (Phi) is 4.57. The third-order valence-corrected chi connectivity index (χ3v) is 3.22. The summed E-state index contributed by atoms with van der Waals surface area (Å²) in [5.41, 5.74) is -0.702. The first-order valence-corrected chi connectivity index (χ1v) is 6.88. The molecule has 1 aliphatic rings. The lowest BCUT2D eigenvalue weighted by atomic mass is 9.70. The minimum absolute atomic E-state index is 0.0721.